The Kier molecular flexibility index (Phi) is 4.77. The quantitative estimate of drug-likeness (QED) is 0.816. The molecule has 0 bridgehead atoms. The molecule has 102 valence electrons. The van der Waals surface area contributed by atoms with Crippen molar-refractivity contribution < 1.29 is 9.84 Å². The van der Waals surface area contributed by atoms with Crippen LogP contribution >= 0.6 is 0 Å². The summed E-state index contributed by atoms with van der Waals surface area (Å²) >= 11 is 0. The van der Waals surface area contributed by atoms with Crippen molar-refractivity contribution in [3.63, 3.8) is 0 Å². The summed E-state index contributed by atoms with van der Waals surface area (Å²) in [6.07, 6.45) is 0.723. The van der Waals surface area contributed by atoms with Crippen molar-refractivity contribution in [2.45, 2.75) is 45.3 Å². The van der Waals surface area contributed by atoms with Gasteiger partial charge in [0.05, 0.1) is 17.7 Å². The standard InChI is InChI=1S/C15H25NO2/c1-12-7-6-8-13(9-12)16-15(4,11-17)10-14(2,3)18-5/h6-9,16-17H,10-11H2,1-5H3. The lowest BCUT2D eigenvalue weighted by molar-refractivity contribution is -0.00531. The number of hydrogen-bond donors (Lipinski definition) is 2. The summed E-state index contributed by atoms with van der Waals surface area (Å²) in [5.74, 6) is 0. The van der Waals surface area contributed by atoms with E-state index < -0.39 is 5.54 Å². The number of nitrogens with one attached hydrogen (secondary N) is 1. The number of aliphatic hydroxyl groups is 1. The molecule has 1 aromatic carbocycles. The Bertz CT molecular complexity index is 390. The van der Waals surface area contributed by atoms with Crippen molar-refractivity contribution in [3.8, 4) is 0 Å². The largest absolute Gasteiger partial charge is 0.394 e. The zero-order valence-electron chi connectivity index (χ0n) is 12.1. The average molecular weight is 251 g/mol. The minimum atomic E-state index is -0.396. The lowest BCUT2D eigenvalue weighted by Crippen LogP contribution is -2.45. The highest BCUT2D eigenvalue weighted by molar-refractivity contribution is 5.47. The van der Waals surface area contributed by atoms with E-state index in [1.807, 2.05) is 32.9 Å². The van der Waals surface area contributed by atoms with Crippen LogP contribution in [-0.2, 0) is 4.74 Å². The van der Waals surface area contributed by atoms with Gasteiger partial charge in [0.25, 0.3) is 0 Å². The van der Waals surface area contributed by atoms with Crippen molar-refractivity contribution in [2.24, 2.45) is 0 Å². The minimum Gasteiger partial charge on any atom is -0.394 e. The SMILES string of the molecule is COC(C)(C)CC(C)(CO)Nc1cccc(C)c1. The summed E-state index contributed by atoms with van der Waals surface area (Å²) in [6.45, 7) is 8.18. The maximum absolute atomic E-state index is 9.66. The Labute approximate surface area is 110 Å². The number of aliphatic hydroxyl groups excluding tert-OH is 1. The monoisotopic (exact) mass is 251 g/mol. The Morgan fingerprint density at radius 2 is 1.94 bits per heavy atom. The van der Waals surface area contributed by atoms with Gasteiger partial charge in [-0.1, -0.05) is 12.1 Å². The van der Waals surface area contributed by atoms with Crippen LogP contribution in [0, 0.1) is 6.92 Å². The molecule has 0 fully saturated rings. The molecule has 0 saturated heterocycles. The number of anilines is 1. The summed E-state index contributed by atoms with van der Waals surface area (Å²) in [5.41, 5.74) is 1.56. The second-order valence-electron chi connectivity index (χ2n) is 5.85. The molecule has 0 saturated carbocycles. The molecule has 1 rings (SSSR count). The van der Waals surface area contributed by atoms with Crippen LogP contribution in [0.2, 0.25) is 0 Å². The van der Waals surface area contributed by atoms with E-state index in [9.17, 15) is 5.11 Å². The first-order chi connectivity index (χ1) is 8.30. The first kappa shape index (κ1) is 15.0. The van der Waals surface area contributed by atoms with Crippen molar-refractivity contribution in [1.82, 2.24) is 0 Å². The van der Waals surface area contributed by atoms with E-state index in [-0.39, 0.29) is 12.2 Å². The summed E-state index contributed by atoms with van der Waals surface area (Å²) in [5, 5.41) is 13.1. The predicted molar refractivity (Wildman–Crippen MR) is 76.0 cm³/mol. The average Bonchev–Trinajstić information content (AvgIpc) is 2.28. The van der Waals surface area contributed by atoms with Crippen LogP contribution < -0.4 is 5.32 Å². The van der Waals surface area contributed by atoms with E-state index in [0.29, 0.717) is 0 Å². The third-order valence-electron chi connectivity index (χ3n) is 3.18. The molecule has 1 atom stereocenters. The molecular weight excluding hydrogens is 226 g/mol. The fourth-order valence-electron chi connectivity index (χ4n) is 2.22. The van der Waals surface area contributed by atoms with E-state index in [1.54, 1.807) is 7.11 Å². The van der Waals surface area contributed by atoms with Gasteiger partial charge in [0, 0.05) is 19.2 Å². The molecule has 0 aliphatic carbocycles. The lowest BCUT2D eigenvalue weighted by Gasteiger charge is -2.37. The van der Waals surface area contributed by atoms with Crippen LogP contribution in [0.4, 0.5) is 5.69 Å². The molecule has 1 aromatic rings. The number of benzene rings is 1. The smallest absolute Gasteiger partial charge is 0.0659 e. The summed E-state index contributed by atoms with van der Waals surface area (Å²) in [7, 11) is 1.70. The molecule has 3 heteroatoms. The Hall–Kier alpha value is -1.06. The molecule has 0 aliphatic heterocycles. The highest BCUT2D eigenvalue weighted by Gasteiger charge is 2.32. The molecule has 0 spiro atoms. The van der Waals surface area contributed by atoms with Gasteiger partial charge in [-0.3, -0.25) is 0 Å². The number of methoxy groups -OCH3 is 1. The summed E-state index contributed by atoms with van der Waals surface area (Å²) in [4.78, 5) is 0. The second kappa shape index (κ2) is 5.72. The van der Waals surface area contributed by atoms with Gasteiger partial charge < -0.3 is 15.2 Å². The topological polar surface area (TPSA) is 41.5 Å². The van der Waals surface area contributed by atoms with Crippen molar-refractivity contribution >= 4 is 5.69 Å². The minimum absolute atomic E-state index is 0.0632. The van der Waals surface area contributed by atoms with Gasteiger partial charge in [0.1, 0.15) is 0 Å². The molecule has 0 aliphatic rings. The molecule has 0 radical (unpaired) electrons. The molecular formula is C15H25NO2. The van der Waals surface area contributed by atoms with E-state index in [2.05, 4.69) is 24.4 Å². The summed E-state index contributed by atoms with van der Waals surface area (Å²) < 4.78 is 5.45. The Morgan fingerprint density at radius 1 is 1.28 bits per heavy atom. The summed E-state index contributed by atoms with van der Waals surface area (Å²) in [6, 6.07) is 8.16. The molecule has 1 unspecified atom stereocenters. The predicted octanol–water partition coefficient (Wildman–Crippen LogP) is 2.97. The third-order valence-corrected chi connectivity index (χ3v) is 3.18. The third kappa shape index (κ3) is 4.31. The lowest BCUT2D eigenvalue weighted by atomic mass is 9.88. The van der Waals surface area contributed by atoms with Gasteiger partial charge in [-0.25, -0.2) is 0 Å². The van der Waals surface area contributed by atoms with Crippen molar-refractivity contribution in [3.05, 3.63) is 29.8 Å². The number of rotatable bonds is 6. The molecule has 0 amide bonds. The van der Waals surface area contributed by atoms with Crippen LogP contribution in [0.25, 0.3) is 0 Å². The van der Waals surface area contributed by atoms with Gasteiger partial charge in [0.15, 0.2) is 0 Å². The van der Waals surface area contributed by atoms with Crippen LogP contribution in [0.1, 0.15) is 32.8 Å². The van der Waals surface area contributed by atoms with Gasteiger partial charge >= 0.3 is 0 Å². The number of ether oxygens (including phenoxy) is 1. The molecule has 18 heavy (non-hydrogen) atoms. The Balaban J connectivity index is 2.82. The van der Waals surface area contributed by atoms with E-state index in [4.69, 9.17) is 4.74 Å². The zero-order valence-corrected chi connectivity index (χ0v) is 12.1. The van der Waals surface area contributed by atoms with Crippen molar-refractivity contribution in [1.29, 1.82) is 0 Å². The molecule has 0 heterocycles. The van der Waals surface area contributed by atoms with Crippen LogP contribution in [0.15, 0.2) is 24.3 Å². The maximum atomic E-state index is 9.66. The zero-order chi connectivity index (χ0) is 13.8. The van der Waals surface area contributed by atoms with Crippen LogP contribution in [0.5, 0.6) is 0 Å². The molecule has 2 N–H and O–H groups in total. The van der Waals surface area contributed by atoms with E-state index in [0.717, 1.165) is 12.1 Å². The van der Waals surface area contributed by atoms with Crippen LogP contribution in [-0.4, -0.2) is 30.0 Å². The molecule has 0 aromatic heterocycles. The number of aryl methyl sites for hydroxylation is 1. The Morgan fingerprint density at radius 3 is 2.44 bits per heavy atom. The van der Waals surface area contributed by atoms with Gasteiger partial charge in [-0.15, -0.1) is 0 Å². The molecule has 3 nitrogen and oxygen atoms in total. The van der Waals surface area contributed by atoms with Gasteiger partial charge in [-0.2, -0.15) is 0 Å². The maximum Gasteiger partial charge on any atom is 0.0659 e. The van der Waals surface area contributed by atoms with Crippen LogP contribution in [0.3, 0.4) is 0 Å². The fourth-order valence-corrected chi connectivity index (χ4v) is 2.22. The van der Waals surface area contributed by atoms with E-state index >= 15 is 0 Å². The first-order valence-corrected chi connectivity index (χ1v) is 6.31. The highest BCUT2D eigenvalue weighted by atomic mass is 16.5. The highest BCUT2D eigenvalue weighted by Crippen LogP contribution is 2.26. The fraction of sp³-hybridized carbons (Fsp3) is 0.600. The number of hydrogen-bond acceptors (Lipinski definition) is 3. The normalized spacial score (nSPS) is 15.2. The van der Waals surface area contributed by atoms with E-state index in [1.165, 1.54) is 5.56 Å². The van der Waals surface area contributed by atoms with Crippen molar-refractivity contribution in [2.75, 3.05) is 19.0 Å². The van der Waals surface area contributed by atoms with Gasteiger partial charge in [-0.05, 0) is 45.4 Å². The second-order valence-corrected chi connectivity index (χ2v) is 5.85. The first-order valence-electron chi connectivity index (χ1n) is 6.31. The van der Waals surface area contributed by atoms with Gasteiger partial charge in [0.2, 0.25) is 0 Å².